The predicted octanol–water partition coefficient (Wildman–Crippen LogP) is 0.476. The molecule has 1 saturated heterocycles. The van der Waals surface area contributed by atoms with E-state index in [0.717, 1.165) is 32.2 Å². The van der Waals surface area contributed by atoms with Gasteiger partial charge in [0.15, 0.2) is 0 Å². The van der Waals surface area contributed by atoms with Crippen molar-refractivity contribution in [3.05, 3.63) is 5.28 Å². The van der Waals surface area contributed by atoms with Crippen LogP contribution in [0.1, 0.15) is 19.3 Å². The van der Waals surface area contributed by atoms with E-state index in [1.807, 2.05) is 0 Å². The lowest BCUT2D eigenvalue weighted by molar-refractivity contribution is 0.586. The largest absolute Gasteiger partial charge is 0.354 e. The molecule has 0 spiro atoms. The van der Waals surface area contributed by atoms with Crippen LogP contribution in [0.2, 0.25) is 5.28 Å². The molecule has 0 unspecified atom stereocenters. The van der Waals surface area contributed by atoms with Gasteiger partial charge in [0, 0.05) is 26.2 Å². The van der Waals surface area contributed by atoms with E-state index in [9.17, 15) is 8.42 Å². The van der Waals surface area contributed by atoms with Gasteiger partial charge in [-0.25, -0.2) is 13.1 Å². The van der Waals surface area contributed by atoms with Gasteiger partial charge < -0.3 is 10.2 Å². The minimum absolute atomic E-state index is 0.156. The molecule has 0 radical (unpaired) electrons. The van der Waals surface area contributed by atoms with Gasteiger partial charge in [0.1, 0.15) is 0 Å². The van der Waals surface area contributed by atoms with Crippen LogP contribution in [0.25, 0.3) is 0 Å². The summed E-state index contributed by atoms with van der Waals surface area (Å²) >= 11 is 5.91. The fraction of sp³-hybridized carbons (Fsp3) is 0.727. The van der Waals surface area contributed by atoms with Crippen molar-refractivity contribution >= 4 is 33.5 Å². The molecule has 0 saturated carbocycles. The van der Waals surface area contributed by atoms with E-state index in [1.165, 1.54) is 0 Å². The maximum atomic E-state index is 10.9. The number of rotatable bonds is 7. The first-order valence-electron chi connectivity index (χ1n) is 6.79. The van der Waals surface area contributed by atoms with E-state index in [-0.39, 0.29) is 5.28 Å². The fourth-order valence-electron chi connectivity index (χ4n) is 2.02. The third kappa shape index (κ3) is 5.60. The quantitative estimate of drug-likeness (QED) is 0.699. The SMILES string of the molecule is CS(=O)(=O)NCCCNc1nc(Cl)nc(N2CCCC2)n1. The molecule has 0 aromatic carbocycles. The summed E-state index contributed by atoms with van der Waals surface area (Å²) in [5, 5.41) is 3.18. The Morgan fingerprint density at radius 3 is 2.57 bits per heavy atom. The van der Waals surface area contributed by atoms with Gasteiger partial charge in [0.25, 0.3) is 0 Å². The van der Waals surface area contributed by atoms with E-state index < -0.39 is 10.0 Å². The predicted molar refractivity (Wildman–Crippen MR) is 82.2 cm³/mol. The Morgan fingerprint density at radius 2 is 1.90 bits per heavy atom. The highest BCUT2D eigenvalue weighted by Gasteiger charge is 2.16. The maximum absolute atomic E-state index is 10.9. The average Bonchev–Trinajstić information content (AvgIpc) is 2.90. The van der Waals surface area contributed by atoms with Crippen molar-refractivity contribution in [3.8, 4) is 0 Å². The molecule has 2 N–H and O–H groups in total. The average molecular weight is 335 g/mol. The molecule has 1 fully saturated rings. The van der Waals surface area contributed by atoms with Crippen LogP contribution in [-0.2, 0) is 10.0 Å². The van der Waals surface area contributed by atoms with E-state index in [2.05, 4.69) is 29.9 Å². The highest BCUT2D eigenvalue weighted by molar-refractivity contribution is 7.88. The van der Waals surface area contributed by atoms with Crippen molar-refractivity contribution in [3.63, 3.8) is 0 Å². The van der Waals surface area contributed by atoms with Crippen LogP contribution < -0.4 is 14.9 Å². The second kappa shape index (κ2) is 7.19. The monoisotopic (exact) mass is 334 g/mol. The molecule has 118 valence electrons. The summed E-state index contributed by atoms with van der Waals surface area (Å²) < 4.78 is 24.2. The smallest absolute Gasteiger partial charge is 0.231 e. The summed E-state index contributed by atoms with van der Waals surface area (Å²) in [5.41, 5.74) is 0. The first-order chi connectivity index (χ1) is 9.94. The normalized spacial score (nSPS) is 15.4. The number of sulfonamides is 1. The van der Waals surface area contributed by atoms with Crippen molar-refractivity contribution in [1.29, 1.82) is 0 Å². The number of hydrogen-bond donors (Lipinski definition) is 2. The maximum Gasteiger partial charge on any atom is 0.231 e. The van der Waals surface area contributed by atoms with Crippen LogP contribution in [0.15, 0.2) is 0 Å². The van der Waals surface area contributed by atoms with Crippen LogP contribution >= 0.6 is 11.6 Å². The van der Waals surface area contributed by atoms with Gasteiger partial charge in [-0.05, 0) is 30.9 Å². The standard InChI is InChI=1S/C11H19ClN6O2S/c1-21(19,20)14-6-4-5-13-10-15-9(12)16-11(17-10)18-7-2-3-8-18/h14H,2-8H2,1H3,(H,13,15,16,17). The van der Waals surface area contributed by atoms with Crippen molar-refractivity contribution in [2.24, 2.45) is 0 Å². The van der Waals surface area contributed by atoms with Crippen molar-refractivity contribution in [2.45, 2.75) is 19.3 Å². The molecule has 0 aliphatic carbocycles. The zero-order valence-corrected chi connectivity index (χ0v) is 13.4. The Hall–Kier alpha value is -1.19. The van der Waals surface area contributed by atoms with Crippen LogP contribution in [0.4, 0.5) is 11.9 Å². The first-order valence-corrected chi connectivity index (χ1v) is 9.06. The minimum atomic E-state index is -3.14. The van der Waals surface area contributed by atoms with Gasteiger partial charge in [-0.1, -0.05) is 0 Å². The molecule has 1 aromatic heterocycles. The van der Waals surface area contributed by atoms with Crippen LogP contribution in [0.5, 0.6) is 0 Å². The van der Waals surface area contributed by atoms with Crippen molar-refractivity contribution in [2.75, 3.05) is 42.7 Å². The second-order valence-electron chi connectivity index (χ2n) is 4.87. The van der Waals surface area contributed by atoms with E-state index in [0.29, 0.717) is 31.4 Å². The number of anilines is 2. The molecule has 1 aliphatic heterocycles. The summed E-state index contributed by atoms with van der Waals surface area (Å²) in [6.45, 7) is 2.77. The van der Waals surface area contributed by atoms with Crippen molar-refractivity contribution < 1.29 is 8.42 Å². The van der Waals surface area contributed by atoms with Gasteiger partial charge in [0.2, 0.25) is 27.2 Å². The highest BCUT2D eigenvalue weighted by atomic mass is 35.5. The topological polar surface area (TPSA) is 100 Å². The lowest BCUT2D eigenvalue weighted by atomic mass is 10.4. The number of nitrogens with zero attached hydrogens (tertiary/aromatic N) is 4. The summed E-state index contributed by atoms with van der Waals surface area (Å²) in [7, 11) is -3.14. The summed E-state index contributed by atoms with van der Waals surface area (Å²) in [5.74, 6) is 1.00. The lowest BCUT2D eigenvalue weighted by Crippen LogP contribution is -2.25. The summed E-state index contributed by atoms with van der Waals surface area (Å²) in [6.07, 6.45) is 4.01. The molecule has 2 rings (SSSR count). The zero-order valence-electron chi connectivity index (χ0n) is 11.8. The first kappa shape index (κ1) is 16.2. The second-order valence-corrected chi connectivity index (χ2v) is 7.04. The molecule has 10 heteroatoms. The third-order valence-electron chi connectivity index (χ3n) is 2.99. The Kier molecular flexibility index (Phi) is 5.54. The van der Waals surface area contributed by atoms with Gasteiger partial charge >= 0.3 is 0 Å². The molecule has 0 atom stereocenters. The molecule has 1 aliphatic rings. The molecule has 0 bridgehead atoms. The molecule has 1 aromatic rings. The Morgan fingerprint density at radius 1 is 1.19 bits per heavy atom. The molecular formula is C11H19ClN6O2S. The summed E-state index contributed by atoms with van der Waals surface area (Å²) in [6, 6.07) is 0. The molecule has 8 nitrogen and oxygen atoms in total. The number of halogens is 1. The van der Waals surface area contributed by atoms with Gasteiger partial charge in [-0.2, -0.15) is 15.0 Å². The van der Waals surface area contributed by atoms with Gasteiger partial charge in [-0.15, -0.1) is 0 Å². The van der Waals surface area contributed by atoms with Gasteiger partial charge in [-0.3, -0.25) is 0 Å². The van der Waals surface area contributed by atoms with E-state index in [4.69, 9.17) is 11.6 Å². The van der Waals surface area contributed by atoms with Crippen LogP contribution in [0, 0.1) is 0 Å². The fourth-order valence-corrected chi connectivity index (χ4v) is 2.69. The van der Waals surface area contributed by atoms with Crippen LogP contribution in [-0.4, -0.2) is 55.8 Å². The Bertz CT molecular complexity index is 576. The molecule has 0 amide bonds. The lowest BCUT2D eigenvalue weighted by Gasteiger charge is -2.15. The molecular weight excluding hydrogens is 316 g/mol. The molecule has 2 heterocycles. The minimum Gasteiger partial charge on any atom is -0.354 e. The zero-order chi connectivity index (χ0) is 15.3. The number of hydrogen-bond acceptors (Lipinski definition) is 7. The van der Waals surface area contributed by atoms with Crippen molar-refractivity contribution in [1.82, 2.24) is 19.7 Å². The van der Waals surface area contributed by atoms with E-state index in [1.54, 1.807) is 0 Å². The van der Waals surface area contributed by atoms with Gasteiger partial charge in [0.05, 0.1) is 6.26 Å². The number of nitrogens with one attached hydrogen (secondary N) is 2. The Labute approximate surface area is 129 Å². The van der Waals surface area contributed by atoms with Crippen LogP contribution in [0.3, 0.4) is 0 Å². The Balaban J connectivity index is 1.85. The number of aromatic nitrogens is 3. The van der Waals surface area contributed by atoms with E-state index >= 15 is 0 Å². The third-order valence-corrected chi connectivity index (χ3v) is 3.88. The molecule has 21 heavy (non-hydrogen) atoms. The summed E-state index contributed by atoms with van der Waals surface area (Å²) in [4.78, 5) is 14.6. The highest BCUT2D eigenvalue weighted by Crippen LogP contribution is 2.18.